The Morgan fingerprint density at radius 3 is 2.67 bits per heavy atom. The Labute approximate surface area is 176 Å². The molecule has 0 saturated heterocycles. The molecule has 4 bridgehead atoms. The number of rotatable bonds is 7. The van der Waals surface area contributed by atoms with Gasteiger partial charge in [-0.2, -0.15) is 5.10 Å². The van der Waals surface area contributed by atoms with Gasteiger partial charge >= 0.3 is 0 Å². The van der Waals surface area contributed by atoms with E-state index in [9.17, 15) is 14.7 Å². The summed E-state index contributed by atoms with van der Waals surface area (Å²) in [6.45, 7) is 5.39. The number of amides is 2. The Balaban J connectivity index is 1.49. The zero-order valence-corrected chi connectivity index (χ0v) is 17.6. The third kappa shape index (κ3) is 4.06. The molecular formula is C22H30N4O4. The predicted molar refractivity (Wildman–Crippen MR) is 111 cm³/mol. The van der Waals surface area contributed by atoms with Gasteiger partial charge in [0.1, 0.15) is 0 Å². The van der Waals surface area contributed by atoms with Crippen molar-refractivity contribution in [2.75, 3.05) is 7.11 Å². The highest BCUT2D eigenvalue weighted by molar-refractivity contribution is 5.95. The lowest BCUT2D eigenvalue weighted by Gasteiger charge is -2.58. The Morgan fingerprint density at radius 2 is 2.07 bits per heavy atom. The van der Waals surface area contributed by atoms with Gasteiger partial charge in [0.05, 0.1) is 29.7 Å². The van der Waals surface area contributed by atoms with E-state index in [1.807, 2.05) is 0 Å². The average molecular weight is 415 g/mol. The lowest BCUT2D eigenvalue weighted by Crippen LogP contribution is -2.61. The second-order valence-corrected chi connectivity index (χ2v) is 9.10. The molecule has 0 spiro atoms. The van der Waals surface area contributed by atoms with E-state index in [-0.39, 0.29) is 24.5 Å². The van der Waals surface area contributed by atoms with Crippen LogP contribution in [0, 0.1) is 17.8 Å². The Bertz CT molecular complexity index is 874. The topological polar surface area (TPSA) is 105 Å². The van der Waals surface area contributed by atoms with Crippen LogP contribution in [0.2, 0.25) is 0 Å². The summed E-state index contributed by atoms with van der Waals surface area (Å²) in [5.74, 6) is 0.905. The Kier molecular flexibility index (Phi) is 5.55. The molecule has 162 valence electrons. The molecule has 4 aliphatic carbocycles. The number of allylic oxidation sites excluding steroid dienone is 1. The molecule has 4 saturated carbocycles. The second kappa shape index (κ2) is 8.00. The quantitative estimate of drug-likeness (QED) is 0.590. The van der Waals surface area contributed by atoms with E-state index < -0.39 is 5.60 Å². The maximum Gasteiger partial charge on any atom is 0.255 e. The number of aliphatic hydroxyl groups is 1. The van der Waals surface area contributed by atoms with Crippen molar-refractivity contribution < 1.29 is 19.4 Å². The molecule has 1 heterocycles. The van der Waals surface area contributed by atoms with Crippen LogP contribution in [-0.2, 0) is 16.1 Å². The highest BCUT2D eigenvalue weighted by Crippen LogP contribution is 2.55. The molecular weight excluding hydrogens is 384 g/mol. The molecule has 1 aromatic rings. The van der Waals surface area contributed by atoms with Gasteiger partial charge in [-0.15, -0.1) is 0 Å². The number of aromatic nitrogens is 2. The minimum Gasteiger partial charge on any atom is -0.390 e. The van der Waals surface area contributed by atoms with Crippen LogP contribution in [0.3, 0.4) is 0 Å². The van der Waals surface area contributed by atoms with Crippen LogP contribution in [0.5, 0.6) is 0 Å². The largest absolute Gasteiger partial charge is 0.390 e. The number of ether oxygens (including phenoxy) is 1. The van der Waals surface area contributed by atoms with Gasteiger partial charge in [-0.1, -0.05) is 6.58 Å². The molecule has 2 amide bonds. The molecule has 2 unspecified atom stereocenters. The van der Waals surface area contributed by atoms with Crippen LogP contribution in [0.15, 0.2) is 24.5 Å². The third-order valence-electron chi connectivity index (χ3n) is 6.72. The molecule has 3 N–H and O–H groups in total. The van der Waals surface area contributed by atoms with Crippen molar-refractivity contribution in [3.8, 4) is 0 Å². The maximum absolute atomic E-state index is 13.1. The van der Waals surface area contributed by atoms with Crippen molar-refractivity contribution in [2.24, 2.45) is 17.8 Å². The summed E-state index contributed by atoms with van der Waals surface area (Å²) >= 11 is 0. The van der Waals surface area contributed by atoms with Crippen molar-refractivity contribution in [1.29, 1.82) is 0 Å². The first-order valence-corrected chi connectivity index (χ1v) is 10.5. The standard InChI is InChI=1S/C22H30N4O4/c1-13(24-14(2)27)4-5-26-19(12-30-3)18(11-23-26)21(28)25-20-16-6-15-7-17(20)10-22(29,8-15)9-16/h4-5,11,15-17,20,29H,1,6-10,12H2,2-3H3,(H,24,27)(H,25,28)/b5-4+. The third-order valence-corrected chi connectivity index (χ3v) is 6.72. The molecule has 0 radical (unpaired) electrons. The summed E-state index contributed by atoms with van der Waals surface area (Å²) in [4.78, 5) is 24.3. The number of nitrogens with zero attached hydrogens (tertiary/aromatic N) is 2. The van der Waals surface area contributed by atoms with Crippen molar-refractivity contribution in [1.82, 2.24) is 20.4 Å². The summed E-state index contributed by atoms with van der Waals surface area (Å²) < 4.78 is 6.85. The van der Waals surface area contributed by atoms with Crippen molar-refractivity contribution in [3.63, 3.8) is 0 Å². The number of hydrogen-bond acceptors (Lipinski definition) is 5. The van der Waals surface area contributed by atoms with Gasteiger partial charge in [0.2, 0.25) is 5.91 Å². The van der Waals surface area contributed by atoms with Gasteiger partial charge in [-0.05, 0) is 55.9 Å². The summed E-state index contributed by atoms with van der Waals surface area (Å²) in [5, 5.41) is 20.9. The van der Waals surface area contributed by atoms with E-state index in [1.165, 1.54) is 6.92 Å². The maximum atomic E-state index is 13.1. The Hall–Kier alpha value is -2.45. The molecule has 30 heavy (non-hydrogen) atoms. The number of carbonyl (C=O) groups excluding carboxylic acids is 2. The zero-order chi connectivity index (χ0) is 21.5. The molecule has 2 atom stereocenters. The van der Waals surface area contributed by atoms with Crippen LogP contribution in [0.4, 0.5) is 0 Å². The summed E-state index contributed by atoms with van der Waals surface area (Å²) in [5.41, 5.74) is 1.01. The monoisotopic (exact) mass is 414 g/mol. The van der Waals surface area contributed by atoms with Crippen LogP contribution >= 0.6 is 0 Å². The fourth-order valence-electron chi connectivity index (χ4n) is 5.86. The molecule has 0 aliphatic heterocycles. The van der Waals surface area contributed by atoms with E-state index in [4.69, 9.17) is 4.74 Å². The Morgan fingerprint density at radius 1 is 1.37 bits per heavy atom. The fourth-order valence-corrected chi connectivity index (χ4v) is 5.86. The molecule has 8 nitrogen and oxygen atoms in total. The number of nitrogens with one attached hydrogen (secondary N) is 2. The van der Waals surface area contributed by atoms with Gasteiger partial charge in [-0.3, -0.25) is 9.59 Å². The summed E-state index contributed by atoms with van der Waals surface area (Å²) in [6, 6.07) is 0.100. The van der Waals surface area contributed by atoms with Gasteiger partial charge in [0.25, 0.3) is 5.91 Å². The van der Waals surface area contributed by atoms with Crippen molar-refractivity contribution in [2.45, 2.75) is 57.3 Å². The number of hydrogen-bond donors (Lipinski definition) is 3. The van der Waals surface area contributed by atoms with E-state index in [2.05, 4.69) is 22.3 Å². The average Bonchev–Trinajstić information content (AvgIpc) is 3.04. The van der Waals surface area contributed by atoms with E-state index in [0.717, 1.165) is 32.1 Å². The minimum absolute atomic E-state index is 0.100. The lowest BCUT2D eigenvalue weighted by molar-refractivity contribution is -0.136. The molecule has 8 heteroatoms. The van der Waals surface area contributed by atoms with Gasteiger partial charge < -0.3 is 20.5 Å². The molecule has 4 fully saturated rings. The lowest BCUT2D eigenvalue weighted by atomic mass is 9.52. The van der Waals surface area contributed by atoms with Gasteiger partial charge in [-0.25, -0.2) is 4.68 Å². The van der Waals surface area contributed by atoms with E-state index in [1.54, 1.807) is 30.3 Å². The van der Waals surface area contributed by atoms with Crippen LogP contribution in [0.1, 0.15) is 55.1 Å². The van der Waals surface area contributed by atoms with Gasteiger partial charge in [0, 0.05) is 32.0 Å². The van der Waals surface area contributed by atoms with Crippen molar-refractivity contribution in [3.05, 3.63) is 35.8 Å². The fraction of sp³-hybridized carbons (Fsp3) is 0.591. The zero-order valence-electron chi connectivity index (χ0n) is 17.6. The van der Waals surface area contributed by atoms with Crippen LogP contribution in [-0.4, -0.2) is 45.5 Å². The number of methoxy groups -OCH3 is 1. The predicted octanol–water partition coefficient (Wildman–Crippen LogP) is 1.82. The smallest absolute Gasteiger partial charge is 0.255 e. The first-order chi connectivity index (χ1) is 14.3. The normalized spacial score (nSPS) is 31.8. The highest BCUT2D eigenvalue weighted by atomic mass is 16.5. The van der Waals surface area contributed by atoms with Crippen LogP contribution < -0.4 is 10.6 Å². The van der Waals surface area contributed by atoms with Crippen molar-refractivity contribution >= 4 is 18.0 Å². The molecule has 1 aromatic heterocycles. The summed E-state index contributed by atoms with van der Waals surface area (Å²) in [7, 11) is 1.57. The SMILES string of the molecule is C=C(/C=C/n1ncc(C(=O)NC2C3CC4CC2CC(O)(C4)C3)c1COC)NC(C)=O. The highest BCUT2D eigenvalue weighted by Gasteiger charge is 2.55. The number of carbonyl (C=O) groups is 2. The minimum atomic E-state index is -0.523. The van der Waals surface area contributed by atoms with Gasteiger partial charge in [0.15, 0.2) is 0 Å². The second-order valence-electron chi connectivity index (χ2n) is 9.10. The first kappa shape index (κ1) is 20.8. The molecule has 0 aromatic carbocycles. The molecule has 5 rings (SSSR count). The summed E-state index contributed by atoms with van der Waals surface area (Å²) in [6.07, 6.45) is 9.45. The van der Waals surface area contributed by atoms with E-state index >= 15 is 0 Å². The van der Waals surface area contributed by atoms with E-state index in [0.29, 0.717) is 34.7 Å². The first-order valence-electron chi connectivity index (χ1n) is 10.5. The van der Waals surface area contributed by atoms with Crippen LogP contribution in [0.25, 0.3) is 6.20 Å². The molecule has 4 aliphatic rings.